The smallest absolute Gasteiger partial charge is 0.290 e. The second kappa shape index (κ2) is 7.08. The molecule has 8 nitrogen and oxygen atoms in total. The summed E-state index contributed by atoms with van der Waals surface area (Å²) in [6.45, 7) is 4.01. The number of anilines is 2. The Morgan fingerprint density at radius 2 is 2.35 bits per heavy atom. The van der Waals surface area contributed by atoms with Crippen molar-refractivity contribution in [2.24, 2.45) is 0 Å². The van der Waals surface area contributed by atoms with Crippen molar-refractivity contribution in [2.75, 3.05) is 29.9 Å². The van der Waals surface area contributed by atoms with Gasteiger partial charge < -0.3 is 19.9 Å². The van der Waals surface area contributed by atoms with E-state index >= 15 is 0 Å². The molecule has 0 bridgehead atoms. The minimum Gasteiger partial charge on any atom is -0.478 e. The van der Waals surface area contributed by atoms with E-state index in [1.165, 1.54) is 6.33 Å². The summed E-state index contributed by atoms with van der Waals surface area (Å²) in [5.74, 6) is 1.75. The topological polar surface area (TPSA) is 96.0 Å². The maximum absolute atomic E-state index is 11.9. The van der Waals surface area contributed by atoms with E-state index in [-0.39, 0.29) is 11.6 Å². The lowest BCUT2D eigenvalue weighted by Crippen LogP contribution is -2.44. The molecule has 0 aromatic carbocycles. The first-order valence-corrected chi connectivity index (χ1v) is 7.76. The van der Waals surface area contributed by atoms with Gasteiger partial charge >= 0.3 is 0 Å². The molecule has 1 aliphatic heterocycles. The molecule has 1 aliphatic rings. The predicted octanol–water partition coefficient (Wildman–Crippen LogP) is 1.04. The number of H-pyrrole nitrogens is 1. The Labute approximate surface area is 134 Å². The van der Waals surface area contributed by atoms with Gasteiger partial charge in [-0.05, 0) is 19.8 Å². The summed E-state index contributed by atoms with van der Waals surface area (Å²) in [5.41, 5.74) is -0.159. The van der Waals surface area contributed by atoms with Gasteiger partial charge in [0.25, 0.3) is 5.56 Å². The molecule has 8 heteroatoms. The molecule has 2 aromatic rings. The van der Waals surface area contributed by atoms with Crippen LogP contribution in [0.15, 0.2) is 29.6 Å². The first-order chi connectivity index (χ1) is 11.3. The molecule has 0 unspecified atom stereocenters. The zero-order chi connectivity index (χ0) is 16.1. The number of nitrogens with one attached hydrogen (secondary N) is 2. The Hall–Kier alpha value is -2.64. The highest BCUT2D eigenvalue weighted by molar-refractivity contribution is 5.41. The van der Waals surface area contributed by atoms with Gasteiger partial charge in [-0.1, -0.05) is 0 Å². The van der Waals surface area contributed by atoms with Crippen molar-refractivity contribution >= 4 is 11.6 Å². The molecule has 2 N–H and O–H groups in total. The van der Waals surface area contributed by atoms with Crippen LogP contribution in [-0.4, -0.2) is 45.7 Å². The first-order valence-electron chi connectivity index (χ1n) is 7.76. The van der Waals surface area contributed by atoms with Crippen LogP contribution in [0, 0.1) is 0 Å². The molecule has 1 saturated heterocycles. The second-order valence-corrected chi connectivity index (χ2v) is 5.35. The van der Waals surface area contributed by atoms with E-state index in [0.717, 1.165) is 25.2 Å². The van der Waals surface area contributed by atoms with Crippen molar-refractivity contribution in [3.05, 3.63) is 35.1 Å². The summed E-state index contributed by atoms with van der Waals surface area (Å²) < 4.78 is 5.38. The normalized spacial score (nSPS) is 17.8. The second-order valence-electron chi connectivity index (χ2n) is 5.35. The van der Waals surface area contributed by atoms with Crippen molar-refractivity contribution in [1.29, 1.82) is 0 Å². The van der Waals surface area contributed by atoms with Crippen LogP contribution >= 0.6 is 0 Å². The average molecular weight is 316 g/mol. The third-order valence-electron chi connectivity index (χ3n) is 3.70. The number of ether oxygens (including phenoxy) is 1. The van der Waals surface area contributed by atoms with Crippen molar-refractivity contribution in [1.82, 2.24) is 19.9 Å². The summed E-state index contributed by atoms with van der Waals surface area (Å²) in [5, 5.41) is 3.39. The Morgan fingerprint density at radius 3 is 3.17 bits per heavy atom. The Bertz CT molecular complexity index is 704. The van der Waals surface area contributed by atoms with Gasteiger partial charge in [0.1, 0.15) is 12.1 Å². The predicted molar refractivity (Wildman–Crippen MR) is 86.9 cm³/mol. The molecular weight excluding hydrogens is 296 g/mol. The van der Waals surface area contributed by atoms with Crippen LogP contribution in [0.3, 0.4) is 0 Å². The van der Waals surface area contributed by atoms with E-state index in [1.807, 2.05) is 11.8 Å². The molecule has 0 spiro atoms. The Kier molecular flexibility index (Phi) is 4.70. The Balaban J connectivity index is 1.68. The molecule has 1 fully saturated rings. The molecule has 2 aromatic heterocycles. The lowest BCUT2D eigenvalue weighted by Gasteiger charge is -2.33. The highest BCUT2D eigenvalue weighted by Crippen LogP contribution is 2.18. The van der Waals surface area contributed by atoms with E-state index in [0.29, 0.717) is 24.8 Å². The SMILES string of the molecule is CCOc1cc(N[C@H]2CCCN(c3ncc[nH]c3=O)C2)ncn1. The molecule has 0 radical (unpaired) electrons. The minimum atomic E-state index is -0.159. The van der Waals surface area contributed by atoms with Gasteiger partial charge in [-0.3, -0.25) is 4.79 Å². The van der Waals surface area contributed by atoms with Gasteiger partial charge in [-0.2, -0.15) is 0 Å². The summed E-state index contributed by atoms with van der Waals surface area (Å²) in [4.78, 5) is 29.0. The van der Waals surface area contributed by atoms with Crippen molar-refractivity contribution in [3.8, 4) is 5.88 Å². The van der Waals surface area contributed by atoms with Gasteiger partial charge in [0.2, 0.25) is 5.88 Å². The molecular formula is C15H20N6O2. The number of hydrogen-bond donors (Lipinski definition) is 2. The zero-order valence-corrected chi connectivity index (χ0v) is 13.0. The minimum absolute atomic E-state index is 0.159. The number of hydrogen-bond acceptors (Lipinski definition) is 7. The van der Waals surface area contributed by atoms with E-state index in [4.69, 9.17) is 4.74 Å². The fraction of sp³-hybridized carbons (Fsp3) is 0.467. The zero-order valence-electron chi connectivity index (χ0n) is 13.0. The monoisotopic (exact) mass is 316 g/mol. The third-order valence-corrected chi connectivity index (χ3v) is 3.70. The van der Waals surface area contributed by atoms with Gasteiger partial charge in [-0.15, -0.1) is 0 Å². The quantitative estimate of drug-likeness (QED) is 0.850. The average Bonchev–Trinajstić information content (AvgIpc) is 2.56. The summed E-state index contributed by atoms with van der Waals surface area (Å²) in [6.07, 6.45) is 6.62. The molecule has 122 valence electrons. The number of aromatic nitrogens is 4. The molecule has 0 aliphatic carbocycles. The van der Waals surface area contributed by atoms with Crippen LogP contribution in [-0.2, 0) is 0 Å². The fourth-order valence-corrected chi connectivity index (χ4v) is 2.71. The summed E-state index contributed by atoms with van der Waals surface area (Å²) in [6, 6.07) is 1.98. The molecule has 0 saturated carbocycles. The molecule has 3 rings (SSSR count). The van der Waals surface area contributed by atoms with Crippen LogP contribution in [0.1, 0.15) is 19.8 Å². The maximum atomic E-state index is 11.9. The number of rotatable bonds is 5. The van der Waals surface area contributed by atoms with Crippen molar-refractivity contribution in [3.63, 3.8) is 0 Å². The maximum Gasteiger partial charge on any atom is 0.290 e. The van der Waals surface area contributed by atoms with Crippen LogP contribution in [0.4, 0.5) is 11.6 Å². The summed E-state index contributed by atoms with van der Waals surface area (Å²) in [7, 11) is 0. The van der Waals surface area contributed by atoms with Gasteiger partial charge in [-0.25, -0.2) is 15.0 Å². The number of piperidine rings is 1. The largest absolute Gasteiger partial charge is 0.478 e. The molecule has 1 atom stereocenters. The molecule has 23 heavy (non-hydrogen) atoms. The lowest BCUT2D eigenvalue weighted by molar-refractivity contribution is 0.326. The van der Waals surface area contributed by atoms with Crippen molar-refractivity contribution in [2.45, 2.75) is 25.8 Å². The molecule has 0 amide bonds. The first kappa shape index (κ1) is 15.3. The van der Waals surface area contributed by atoms with Crippen LogP contribution < -0.4 is 20.5 Å². The van der Waals surface area contributed by atoms with Gasteiger partial charge in [0.05, 0.1) is 6.61 Å². The van der Waals surface area contributed by atoms with Crippen LogP contribution in [0.5, 0.6) is 5.88 Å². The highest BCUT2D eigenvalue weighted by Gasteiger charge is 2.22. The van der Waals surface area contributed by atoms with Gasteiger partial charge in [0.15, 0.2) is 5.82 Å². The third kappa shape index (κ3) is 3.77. The van der Waals surface area contributed by atoms with Gasteiger partial charge in [0, 0.05) is 37.6 Å². The van der Waals surface area contributed by atoms with E-state index in [1.54, 1.807) is 18.5 Å². The number of aromatic amines is 1. The fourth-order valence-electron chi connectivity index (χ4n) is 2.71. The van der Waals surface area contributed by atoms with E-state index in [9.17, 15) is 4.79 Å². The van der Waals surface area contributed by atoms with Crippen LogP contribution in [0.2, 0.25) is 0 Å². The number of nitrogens with zero attached hydrogens (tertiary/aromatic N) is 4. The lowest BCUT2D eigenvalue weighted by atomic mass is 10.1. The summed E-state index contributed by atoms with van der Waals surface area (Å²) >= 11 is 0. The van der Waals surface area contributed by atoms with E-state index in [2.05, 4.69) is 25.3 Å². The molecule has 3 heterocycles. The highest BCUT2D eigenvalue weighted by atomic mass is 16.5. The van der Waals surface area contributed by atoms with Crippen molar-refractivity contribution < 1.29 is 4.74 Å². The van der Waals surface area contributed by atoms with Crippen LogP contribution in [0.25, 0.3) is 0 Å². The van der Waals surface area contributed by atoms with E-state index < -0.39 is 0 Å². The Morgan fingerprint density at radius 1 is 1.43 bits per heavy atom. The standard InChI is InChI=1S/C15H20N6O2/c1-2-23-13-8-12(18-10-19-13)20-11-4-3-7-21(9-11)14-15(22)17-6-5-16-14/h5-6,8,10-11H,2-4,7,9H2,1H3,(H,17,22)(H,18,19,20)/t11-/m0/s1.